The van der Waals surface area contributed by atoms with Crippen molar-refractivity contribution in [3.63, 3.8) is 0 Å². The molecule has 0 spiro atoms. The Balaban J connectivity index is 1.07. The molecule has 0 atom stereocenters. The molecule has 0 aliphatic carbocycles. The van der Waals surface area contributed by atoms with Crippen LogP contribution in [-0.2, 0) is 0 Å². The summed E-state index contributed by atoms with van der Waals surface area (Å²) >= 11 is 0. The lowest BCUT2D eigenvalue weighted by atomic mass is 9.85. The van der Waals surface area contributed by atoms with Crippen molar-refractivity contribution in [2.75, 3.05) is 0 Å². The van der Waals surface area contributed by atoms with E-state index in [0.29, 0.717) is 0 Å². The van der Waals surface area contributed by atoms with E-state index in [4.69, 9.17) is 4.42 Å². The van der Waals surface area contributed by atoms with Crippen LogP contribution in [0, 0.1) is 0 Å². The van der Waals surface area contributed by atoms with Crippen LogP contribution < -0.4 is 0 Å². The second-order valence-electron chi connectivity index (χ2n) is 13.3. The zero-order valence-corrected chi connectivity index (χ0v) is 27.1. The summed E-state index contributed by atoms with van der Waals surface area (Å²) in [5.74, 6) is 0. The second-order valence-corrected chi connectivity index (χ2v) is 13.3. The third kappa shape index (κ3) is 3.96. The number of H-pyrrole nitrogens is 1. The maximum absolute atomic E-state index is 6.49. The lowest BCUT2D eigenvalue weighted by Crippen LogP contribution is -1.91. The normalized spacial score (nSPS) is 12.0. The van der Waals surface area contributed by atoms with Crippen LogP contribution in [0.15, 0.2) is 174 Å². The number of aromatic nitrogens is 1. The van der Waals surface area contributed by atoms with Crippen molar-refractivity contribution in [3.8, 4) is 33.4 Å². The van der Waals surface area contributed by atoms with E-state index >= 15 is 0 Å². The first-order chi connectivity index (χ1) is 24.8. The zero-order chi connectivity index (χ0) is 32.8. The van der Waals surface area contributed by atoms with Crippen LogP contribution in [0.3, 0.4) is 0 Å². The van der Waals surface area contributed by atoms with Gasteiger partial charge in [-0.05, 0) is 84.6 Å². The molecule has 11 rings (SSSR count). The molecule has 0 aliphatic heterocycles. The van der Waals surface area contributed by atoms with E-state index in [9.17, 15) is 0 Å². The molecule has 232 valence electrons. The quantitative estimate of drug-likeness (QED) is 0.192. The van der Waals surface area contributed by atoms with Gasteiger partial charge in [0.2, 0.25) is 0 Å². The van der Waals surface area contributed by atoms with Gasteiger partial charge in [0.25, 0.3) is 0 Å². The highest BCUT2D eigenvalue weighted by Gasteiger charge is 2.18. The Bertz CT molecular complexity index is 3090. The van der Waals surface area contributed by atoms with E-state index in [0.717, 1.165) is 38.4 Å². The first-order valence-corrected chi connectivity index (χ1v) is 17.2. The molecular weight excluding hydrogens is 607 g/mol. The molecule has 0 fully saturated rings. The molecule has 0 bridgehead atoms. The van der Waals surface area contributed by atoms with Crippen molar-refractivity contribution in [2.45, 2.75) is 0 Å². The van der Waals surface area contributed by atoms with Gasteiger partial charge in [-0.25, -0.2) is 0 Å². The number of hydrogen-bond acceptors (Lipinski definition) is 1. The van der Waals surface area contributed by atoms with Gasteiger partial charge in [0.1, 0.15) is 11.2 Å². The fraction of sp³-hybridized carbons (Fsp3) is 0. The molecule has 2 aromatic heterocycles. The maximum Gasteiger partial charge on any atom is 0.143 e. The van der Waals surface area contributed by atoms with E-state index in [1.54, 1.807) is 0 Å². The topological polar surface area (TPSA) is 28.9 Å². The van der Waals surface area contributed by atoms with Crippen LogP contribution in [0.1, 0.15) is 0 Å². The van der Waals surface area contributed by atoms with E-state index < -0.39 is 0 Å². The fourth-order valence-electron chi connectivity index (χ4n) is 8.29. The lowest BCUT2D eigenvalue weighted by molar-refractivity contribution is 0.673. The molecule has 0 unspecified atom stereocenters. The predicted molar refractivity (Wildman–Crippen MR) is 212 cm³/mol. The first kappa shape index (κ1) is 27.3. The van der Waals surface area contributed by atoms with Crippen molar-refractivity contribution in [1.82, 2.24) is 4.98 Å². The molecule has 2 heteroatoms. The Morgan fingerprint density at radius 2 is 0.900 bits per heavy atom. The monoisotopic (exact) mass is 635 g/mol. The van der Waals surface area contributed by atoms with Crippen molar-refractivity contribution in [2.24, 2.45) is 0 Å². The van der Waals surface area contributed by atoms with Gasteiger partial charge in [0.05, 0.1) is 5.52 Å². The minimum atomic E-state index is 0.904. The Hall–Kier alpha value is -6.64. The summed E-state index contributed by atoms with van der Waals surface area (Å²) in [5.41, 5.74) is 11.4. The van der Waals surface area contributed by atoms with E-state index in [1.165, 1.54) is 71.1 Å². The standard InChI is InChI=1S/C48H29NO/c1-2-12-30(13-3-1)46-36-17-6-8-19-38(36)47(39-20-9-7-18-37(39)46)33-15-10-14-31(25-33)32-22-23-35-41-27-42-40-24-21-29-11-4-5-16-34(29)48(40)50-45(42)28-44(41)49-43(35)26-32/h1-28,49H. The predicted octanol–water partition coefficient (Wildman–Crippen LogP) is 13.7. The number of aromatic amines is 1. The molecule has 50 heavy (non-hydrogen) atoms. The highest BCUT2D eigenvalue weighted by molar-refractivity contribution is 6.22. The number of hydrogen-bond donors (Lipinski definition) is 1. The van der Waals surface area contributed by atoms with Crippen molar-refractivity contribution >= 4 is 76.1 Å². The summed E-state index contributed by atoms with van der Waals surface area (Å²) < 4.78 is 6.49. The van der Waals surface area contributed by atoms with Crippen LogP contribution in [0.2, 0.25) is 0 Å². The molecule has 1 N–H and O–H groups in total. The van der Waals surface area contributed by atoms with Gasteiger partial charge in [-0.15, -0.1) is 0 Å². The summed E-state index contributed by atoms with van der Waals surface area (Å²) in [4.78, 5) is 3.72. The van der Waals surface area contributed by atoms with Gasteiger partial charge in [0, 0.05) is 38.5 Å². The molecule has 0 saturated carbocycles. The minimum absolute atomic E-state index is 0.904. The van der Waals surface area contributed by atoms with Crippen LogP contribution in [0.4, 0.5) is 0 Å². The average Bonchev–Trinajstić information content (AvgIpc) is 3.73. The first-order valence-electron chi connectivity index (χ1n) is 17.2. The van der Waals surface area contributed by atoms with Gasteiger partial charge >= 0.3 is 0 Å². The Morgan fingerprint density at radius 3 is 1.66 bits per heavy atom. The summed E-state index contributed by atoms with van der Waals surface area (Å²) in [6.07, 6.45) is 0. The maximum atomic E-state index is 6.49. The average molecular weight is 636 g/mol. The Morgan fingerprint density at radius 1 is 0.320 bits per heavy atom. The largest absolute Gasteiger partial charge is 0.455 e. The molecule has 2 heterocycles. The van der Waals surface area contributed by atoms with E-state index in [-0.39, 0.29) is 0 Å². The van der Waals surface area contributed by atoms with E-state index in [2.05, 4.69) is 175 Å². The fourth-order valence-corrected chi connectivity index (χ4v) is 8.29. The highest BCUT2D eigenvalue weighted by atomic mass is 16.3. The third-order valence-corrected chi connectivity index (χ3v) is 10.6. The number of benzene rings is 9. The minimum Gasteiger partial charge on any atom is -0.455 e. The van der Waals surface area contributed by atoms with Crippen molar-refractivity contribution < 1.29 is 4.42 Å². The van der Waals surface area contributed by atoms with Crippen LogP contribution in [0.25, 0.3) is 109 Å². The molecule has 0 radical (unpaired) electrons. The molecule has 0 saturated heterocycles. The van der Waals surface area contributed by atoms with Crippen molar-refractivity contribution in [1.29, 1.82) is 0 Å². The van der Waals surface area contributed by atoms with Crippen LogP contribution in [0.5, 0.6) is 0 Å². The van der Waals surface area contributed by atoms with Crippen LogP contribution in [-0.4, -0.2) is 4.98 Å². The summed E-state index contributed by atoms with van der Waals surface area (Å²) in [7, 11) is 0. The van der Waals surface area contributed by atoms with Gasteiger partial charge in [-0.2, -0.15) is 0 Å². The molecular formula is C48H29NO. The number of nitrogens with one attached hydrogen (secondary N) is 1. The summed E-state index contributed by atoms with van der Waals surface area (Å²) in [5, 5.41) is 12.1. The zero-order valence-electron chi connectivity index (χ0n) is 27.1. The number of rotatable bonds is 3. The molecule has 0 aliphatic rings. The summed E-state index contributed by atoms with van der Waals surface area (Å²) in [6, 6.07) is 61.6. The molecule has 0 amide bonds. The Labute approximate surface area is 287 Å². The highest BCUT2D eigenvalue weighted by Crippen LogP contribution is 2.44. The summed E-state index contributed by atoms with van der Waals surface area (Å²) in [6.45, 7) is 0. The smallest absolute Gasteiger partial charge is 0.143 e. The van der Waals surface area contributed by atoms with Crippen LogP contribution >= 0.6 is 0 Å². The van der Waals surface area contributed by atoms with Gasteiger partial charge in [-0.3, -0.25) is 0 Å². The molecule has 11 aromatic rings. The molecule has 9 aromatic carbocycles. The van der Waals surface area contributed by atoms with E-state index in [1.807, 2.05) is 0 Å². The number of furan rings is 1. The van der Waals surface area contributed by atoms with Gasteiger partial charge in [-0.1, -0.05) is 140 Å². The molecule has 2 nitrogen and oxygen atoms in total. The second kappa shape index (κ2) is 10.4. The Kier molecular flexibility index (Phi) is 5.70. The van der Waals surface area contributed by atoms with Crippen molar-refractivity contribution in [3.05, 3.63) is 170 Å². The third-order valence-electron chi connectivity index (χ3n) is 10.6. The number of fused-ring (bicyclic) bond motifs is 10. The lowest BCUT2D eigenvalue weighted by Gasteiger charge is -2.18. The van der Waals surface area contributed by atoms with Gasteiger partial charge in [0.15, 0.2) is 0 Å². The van der Waals surface area contributed by atoms with Gasteiger partial charge < -0.3 is 9.40 Å². The SMILES string of the molecule is c1ccc(-c2c3ccccc3c(-c3cccc(-c4ccc5c(c4)[nH]c4cc6oc7c8ccccc8ccc7c6cc45)c3)c3ccccc23)cc1.